The van der Waals surface area contributed by atoms with E-state index in [-0.39, 0.29) is 0 Å². The van der Waals surface area contributed by atoms with Crippen molar-refractivity contribution in [2.24, 2.45) is 0 Å². The fourth-order valence-electron chi connectivity index (χ4n) is 10.2. The smallest absolute Gasteiger partial charge is 0.164 e. The van der Waals surface area contributed by atoms with E-state index in [1.165, 1.54) is 27.5 Å². The number of rotatable bonds is 4. The molecule has 65 heavy (non-hydrogen) atoms. The lowest BCUT2D eigenvalue weighted by atomic mass is 9.92. The molecular formula is C59H35N5O. The van der Waals surface area contributed by atoms with Crippen molar-refractivity contribution >= 4 is 60.4 Å². The first-order valence-corrected chi connectivity index (χ1v) is 21.9. The monoisotopic (exact) mass is 829 g/mol. The Labute approximate surface area is 373 Å². The Balaban J connectivity index is 1.01. The minimum Gasteiger partial charge on any atom is -0.452 e. The van der Waals surface area contributed by atoms with Gasteiger partial charge in [-0.25, -0.2) is 15.0 Å². The number of para-hydroxylation sites is 3. The van der Waals surface area contributed by atoms with Gasteiger partial charge in [-0.05, 0) is 75.8 Å². The highest BCUT2D eigenvalue weighted by molar-refractivity contribution is 6.17. The molecule has 2 aromatic heterocycles. The highest BCUT2D eigenvalue weighted by Gasteiger charge is 2.35. The van der Waals surface area contributed by atoms with Crippen LogP contribution in [0.4, 0.5) is 17.1 Å². The van der Waals surface area contributed by atoms with E-state index in [9.17, 15) is 0 Å². The molecule has 14 rings (SSSR count). The zero-order valence-corrected chi connectivity index (χ0v) is 34.9. The van der Waals surface area contributed by atoms with Crippen LogP contribution in [0.1, 0.15) is 0 Å². The van der Waals surface area contributed by atoms with E-state index in [2.05, 4.69) is 161 Å². The summed E-state index contributed by atoms with van der Waals surface area (Å²) in [6.07, 6.45) is 0. The summed E-state index contributed by atoms with van der Waals surface area (Å²) in [5.41, 5.74) is 14.0. The zero-order chi connectivity index (χ0) is 42.6. The molecule has 0 atom stereocenters. The molecule has 0 bridgehead atoms. The number of hydrogen-bond donors (Lipinski definition) is 0. The molecule has 0 radical (unpaired) electrons. The van der Waals surface area contributed by atoms with E-state index in [0.29, 0.717) is 17.5 Å². The van der Waals surface area contributed by atoms with Crippen LogP contribution in [-0.4, -0.2) is 19.5 Å². The molecule has 0 aliphatic carbocycles. The van der Waals surface area contributed by atoms with E-state index in [1.807, 2.05) is 60.7 Å². The molecule has 6 nitrogen and oxygen atoms in total. The van der Waals surface area contributed by atoms with E-state index >= 15 is 0 Å². The maximum atomic E-state index is 6.93. The number of fused-ring (bicyclic) bond motifs is 13. The van der Waals surface area contributed by atoms with E-state index in [1.54, 1.807) is 0 Å². The standard InChI is InChI=1S/C59H35N5O/c1-3-16-36(17-4-1)57-60-58(37-18-5-2-6-19-37)62-59(61-57)46-26-15-21-38-32-40(30-31-41(38)46)63-50-27-12-11-25-45(50)48-34-47-43-23-9-10-24-44(43)49-33-39-20-7-8-22-42(39)56-55(49)64(53(47)35-52(48)63)51-28-13-14-29-54(51)65-56/h1-35H. The normalized spacial score (nSPS) is 12.4. The molecule has 0 N–H and O–H groups in total. The van der Waals surface area contributed by atoms with Gasteiger partial charge < -0.3 is 14.2 Å². The summed E-state index contributed by atoms with van der Waals surface area (Å²) >= 11 is 0. The van der Waals surface area contributed by atoms with E-state index < -0.39 is 0 Å². The van der Waals surface area contributed by atoms with Crippen LogP contribution in [0.15, 0.2) is 212 Å². The van der Waals surface area contributed by atoms with Crippen LogP contribution in [0.2, 0.25) is 0 Å². The summed E-state index contributed by atoms with van der Waals surface area (Å²) in [7, 11) is 0. The second-order valence-corrected chi connectivity index (χ2v) is 16.8. The molecule has 0 unspecified atom stereocenters. The minimum atomic E-state index is 0.633. The van der Waals surface area contributed by atoms with Crippen molar-refractivity contribution in [1.82, 2.24) is 19.5 Å². The Bertz CT molecular complexity index is 3880. The first-order chi connectivity index (χ1) is 32.2. The van der Waals surface area contributed by atoms with E-state index in [0.717, 1.165) is 89.1 Å². The van der Waals surface area contributed by atoms with Gasteiger partial charge in [0, 0.05) is 49.7 Å². The molecule has 6 heteroatoms. The lowest BCUT2D eigenvalue weighted by molar-refractivity contribution is 0.483. The van der Waals surface area contributed by atoms with Gasteiger partial charge in [-0.1, -0.05) is 164 Å². The Morgan fingerprint density at radius 1 is 0.354 bits per heavy atom. The quantitative estimate of drug-likeness (QED) is 0.177. The Morgan fingerprint density at radius 2 is 0.969 bits per heavy atom. The summed E-state index contributed by atoms with van der Waals surface area (Å²) in [5, 5.41) is 6.76. The molecule has 10 aromatic carbocycles. The van der Waals surface area contributed by atoms with Crippen LogP contribution in [0, 0.1) is 0 Å². The van der Waals surface area contributed by atoms with Gasteiger partial charge in [0.25, 0.3) is 0 Å². The van der Waals surface area contributed by atoms with E-state index in [4.69, 9.17) is 19.7 Å². The third-order valence-corrected chi connectivity index (χ3v) is 13.1. The van der Waals surface area contributed by atoms with Gasteiger partial charge in [0.1, 0.15) is 0 Å². The lowest BCUT2D eigenvalue weighted by Crippen LogP contribution is -2.17. The highest BCUT2D eigenvalue weighted by Crippen LogP contribution is 2.61. The SMILES string of the molecule is c1ccc(-c2nc(-c3ccccc3)nc(-c3cccc4cc(-n5c6ccccc6c6cc7c(cc65)N5c6ccccc6Oc6c5c(cc5ccccc65)-c5ccccc5-7)ccc34)n2)cc1. The maximum absolute atomic E-state index is 6.93. The molecule has 0 saturated heterocycles. The van der Waals surface area contributed by atoms with Crippen molar-refractivity contribution in [3.63, 3.8) is 0 Å². The summed E-state index contributed by atoms with van der Waals surface area (Å²) in [5.74, 6) is 3.61. The van der Waals surface area contributed by atoms with Crippen LogP contribution < -0.4 is 9.64 Å². The molecule has 0 spiro atoms. The van der Waals surface area contributed by atoms with Gasteiger partial charge in [0.05, 0.1) is 28.1 Å². The predicted octanol–water partition coefficient (Wildman–Crippen LogP) is 15.5. The zero-order valence-electron chi connectivity index (χ0n) is 34.9. The molecule has 0 amide bonds. The van der Waals surface area contributed by atoms with Crippen molar-refractivity contribution < 1.29 is 4.74 Å². The van der Waals surface area contributed by atoms with Crippen LogP contribution >= 0.6 is 0 Å². The summed E-state index contributed by atoms with van der Waals surface area (Å²) < 4.78 is 9.36. The Kier molecular flexibility index (Phi) is 7.59. The molecular weight excluding hydrogens is 795 g/mol. The second-order valence-electron chi connectivity index (χ2n) is 16.8. The molecule has 2 aliphatic heterocycles. The minimum absolute atomic E-state index is 0.633. The topological polar surface area (TPSA) is 56.1 Å². The fourth-order valence-corrected chi connectivity index (χ4v) is 10.2. The lowest BCUT2D eigenvalue weighted by Gasteiger charge is -2.35. The van der Waals surface area contributed by atoms with Gasteiger partial charge in [-0.3, -0.25) is 0 Å². The molecule has 4 heterocycles. The third kappa shape index (κ3) is 5.38. The van der Waals surface area contributed by atoms with Crippen LogP contribution in [0.25, 0.3) is 105 Å². The summed E-state index contributed by atoms with van der Waals surface area (Å²) in [6.45, 7) is 0. The van der Waals surface area contributed by atoms with Crippen LogP contribution in [0.5, 0.6) is 11.5 Å². The summed E-state index contributed by atoms with van der Waals surface area (Å²) in [6, 6.07) is 75.2. The van der Waals surface area contributed by atoms with Gasteiger partial charge in [-0.15, -0.1) is 0 Å². The van der Waals surface area contributed by atoms with Crippen molar-refractivity contribution in [2.45, 2.75) is 0 Å². The number of aromatic nitrogens is 4. The molecule has 2 aliphatic rings. The highest BCUT2D eigenvalue weighted by atomic mass is 16.5. The van der Waals surface area contributed by atoms with Crippen molar-refractivity contribution in [3.05, 3.63) is 212 Å². The maximum Gasteiger partial charge on any atom is 0.164 e. The number of benzene rings is 10. The van der Waals surface area contributed by atoms with Gasteiger partial charge in [-0.2, -0.15) is 0 Å². The number of nitrogens with zero attached hydrogens (tertiary/aromatic N) is 5. The van der Waals surface area contributed by atoms with Gasteiger partial charge in [0.2, 0.25) is 0 Å². The molecule has 12 aromatic rings. The van der Waals surface area contributed by atoms with Crippen molar-refractivity contribution in [1.29, 1.82) is 0 Å². The number of ether oxygens (including phenoxy) is 1. The first kappa shape index (κ1) is 35.7. The van der Waals surface area contributed by atoms with Crippen LogP contribution in [-0.2, 0) is 0 Å². The van der Waals surface area contributed by atoms with Crippen molar-refractivity contribution in [2.75, 3.05) is 4.90 Å². The Morgan fingerprint density at radius 3 is 1.77 bits per heavy atom. The summed E-state index contributed by atoms with van der Waals surface area (Å²) in [4.78, 5) is 17.6. The van der Waals surface area contributed by atoms with Crippen LogP contribution in [0.3, 0.4) is 0 Å². The third-order valence-electron chi connectivity index (χ3n) is 13.1. The number of hydrogen-bond acceptors (Lipinski definition) is 5. The number of anilines is 3. The van der Waals surface area contributed by atoms with Crippen molar-refractivity contribution in [3.8, 4) is 73.6 Å². The average molecular weight is 830 g/mol. The largest absolute Gasteiger partial charge is 0.452 e. The first-order valence-electron chi connectivity index (χ1n) is 21.9. The average Bonchev–Trinajstić information content (AvgIpc) is 3.64. The Hall–Kier alpha value is -8.87. The predicted molar refractivity (Wildman–Crippen MR) is 265 cm³/mol. The van der Waals surface area contributed by atoms with Gasteiger partial charge in [0.15, 0.2) is 29.0 Å². The molecule has 0 fully saturated rings. The molecule has 0 saturated carbocycles. The van der Waals surface area contributed by atoms with Gasteiger partial charge >= 0.3 is 0 Å². The fraction of sp³-hybridized carbons (Fsp3) is 0. The second kappa shape index (κ2) is 13.8. The molecule has 302 valence electrons.